The Hall–Kier alpha value is -2.20. The summed E-state index contributed by atoms with van der Waals surface area (Å²) in [5, 5.41) is 10.1. The van der Waals surface area contributed by atoms with Crippen molar-refractivity contribution in [2.45, 2.75) is 26.6 Å². The van der Waals surface area contributed by atoms with Gasteiger partial charge in [0, 0.05) is 36.8 Å². The standard InChI is InChI=1S/C18H21NO3/c1-12-6-14-10-19(11-16(14)17(20)7-12)9-13-4-5-15(21-2)8-18(13)22-3/h4-8,20H,9-11H2,1-3H3. The van der Waals surface area contributed by atoms with E-state index in [9.17, 15) is 5.11 Å². The fourth-order valence-electron chi connectivity index (χ4n) is 3.05. The van der Waals surface area contributed by atoms with Gasteiger partial charge in [-0.25, -0.2) is 0 Å². The summed E-state index contributed by atoms with van der Waals surface area (Å²) in [7, 11) is 3.32. The smallest absolute Gasteiger partial charge is 0.127 e. The van der Waals surface area contributed by atoms with Gasteiger partial charge in [-0.15, -0.1) is 0 Å². The summed E-state index contributed by atoms with van der Waals surface area (Å²) < 4.78 is 10.7. The third-order valence-corrected chi connectivity index (χ3v) is 4.13. The molecule has 2 aromatic rings. The summed E-state index contributed by atoms with van der Waals surface area (Å²) in [4.78, 5) is 2.30. The molecule has 1 aliphatic rings. The van der Waals surface area contributed by atoms with Crippen LogP contribution in [0.5, 0.6) is 17.2 Å². The van der Waals surface area contributed by atoms with Gasteiger partial charge in [0.25, 0.3) is 0 Å². The second kappa shape index (κ2) is 5.89. The zero-order valence-electron chi connectivity index (χ0n) is 13.2. The number of hydrogen-bond donors (Lipinski definition) is 1. The van der Waals surface area contributed by atoms with Crippen LogP contribution in [-0.4, -0.2) is 24.2 Å². The van der Waals surface area contributed by atoms with Gasteiger partial charge in [0.1, 0.15) is 17.2 Å². The topological polar surface area (TPSA) is 41.9 Å². The van der Waals surface area contributed by atoms with Crippen molar-refractivity contribution in [2.24, 2.45) is 0 Å². The molecule has 4 nitrogen and oxygen atoms in total. The first-order chi connectivity index (χ1) is 10.6. The van der Waals surface area contributed by atoms with E-state index in [2.05, 4.69) is 11.0 Å². The number of nitrogens with zero attached hydrogens (tertiary/aromatic N) is 1. The zero-order chi connectivity index (χ0) is 15.7. The maximum absolute atomic E-state index is 10.1. The molecule has 0 atom stereocenters. The van der Waals surface area contributed by atoms with Crippen molar-refractivity contribution in [3.63, 3.8) is 0 Å². The summed E-state index contributed by atoms with van der Waals surface area (Å²) in [6.07, 6.45) is 0. The van der Waals surface area contributed by atoms with Gasteiger partial charge in [-0.05, 0) is 30.2 Å². The largest absolute Gasteiger partial charge is 0.508 e. The molecule has 0 radical (unpaired) electrons. The van der Waals surface area contributed by atoms with Crippen LogP contribution in [0.1, 0.15) is 22.3 Å². The number of rotatable bonds is 4. The van der Waals surface area contributed by atoms with Crippen LogP contribution in [0, 0.1) is 6.92 Å². The van der Waals surface area contributed by atoms with Crippen molar-refractivity contribution >= 4 is 0 Å². The summed E-state index contributed by atoms with van der Waals surface area (Å²) in [5.41, 5.74) is 4.47. The molecule has 0 aromatic heterocycles. The third-order valence-electron chi connectivity index (χ3n) is 4.13. The minimum atomic E-state index is 0.402. The van der Waals surface area contributed by atoms with E-state index >= 15 is 0 Å². The van der Waals surface area contributed by atoms with E-state index in [1.807, 2.05) is 31.2 Å². The minimum Gasteiger partial charge on any atom is -0.508 e. The van der Waals surface area contributed by atoms with Crippen LogP contribution in [0.15, 0.2) is 30.3 Å². The van der Waals surface area contributed by atoms with Gasteiger partial charge in [0.15, 0.2) is 0 Å². The fraction of sp³-hybridized carbons (Fsp3) is 0.333. The first-order valence-corrected chi connectivity index (χ1v) is 7.35. The number of aryl methyl sites for hydroxylation is 1. The number of ether oxygens (including phenoxy) is 2. The Kier molecular flexibility index (Phi) is 3.94. The highest BCUT2D eigenvalue weighted by Gasteiger charge is 2.23. The molecular weight excluding hydrogens is 278 g/mol. The van der Waals surface area contributed by atoms with Crippen LogP contribution in [-0.2, 0) is 19.6 Å². The van der Waals surface area contributed by atoms with Crippen LogP contribution in [0.3, 0.4) is 0 Å². The predicted molar refractivity (Wildman–Crippen MR) is 85.3 cm³/mol. The van der Waals surface area contributed by atoms with E-state index in [1.165, 1.54) is 5.56 Å². The number of methoxy groups -OCH3 is 2. The second-order valence-corrected chi connectivity index (χ2v) is 5.74. The van der Waals surface area contributed by atoms with Gasteiger partial charge in [-0.3, -0.25) is 4.90 Å². The van der Waals surface area contributed by atoms with Crippen molar-refractivity contribution in [2.75, 3.05) is 14.2 Å². The van der Waals surface area contributed by atoms with Crippen LogP contribution in [0.25, 0.3) is 0 Å². The third kappa shape index (κ3) is 2.74. The van der Waals surface area contributed by atoms with E-state index in [-0.39, 0.29) is 0 Å². The molecule has 4 heteroatoms. The number of phenols is 1. The van der Waals surface area contributed by atoms with E-state index in [0.29, 0.717) is 5.75 Å². The monoisotopic (exact) mass is 299 g/mol. The number of fused-ring (bicyclic) bond motifs is 1. The number of aromatic hydroxyl groups is 1. The van der Waals surface area contributed by atoms with E-state index in [0.717, 1.165) is 47.8 Å². The lowest BCUT2D eigenvalue weighted by Crippen LogP contribution is -2.16. The SMILES string of the molecule is COc1ccc(CN2Cc3cc(C)cc(O)c3C2)c(OC)c1. The van der Waals surface area contributed by atoms with E-state index in [4.69, 9.17) is 9.47 Å². The molecule has 2 aromatic carbocycles. The van der Waals surface area contributed by atoms with Gasteiger partial charge in [0.2, 0.25) is 0 Å². The van der Waals surface area contributed by atoms with Crippen molar-refractivity contribution in [1.82, 2.24) is 4.90 Å². The molecule has 1 N–H and O–H groups in total. The Balaban J connectivity index is 1.80. The highest BCUT2D eigenvalue weighted by atomic mass is 16.5. The predicted octanol–water partition coefficient (Wildman–Crippen LogP) is 3.23. The highest BCUT2D eigenvalue weighted by molar-refractivity contribution is 5.45. The zero-order valence-corrected chi connectivity index (χ0v) is 13.2. The van der Waals surface area contributed by atoms with Crippen LogP contribution >= 0.6 is 0 Å². The first-order valence-electron chi connectivity index (χ1n) is 7.35. The second-order valence-electron chi connectivity index (χ2n) is 5.74. The van der Waals surface area contributed by atoms with Gasteiger partial charge in [-0.1, -0.05) is 12.1 Å². The van der Waals surface area contributed by atoms with Crippen LogP contribution < -0.4 is 9.47 Å². The normalized spacial score (nSPS) is 14.0. The van der Waals surface area contributed by atoms with E-state index < -0.39 is 0 Å². The maximum atomic E-state index is 10.1. The van der Waals surface area contributed by atoms with Gasteiger partial charge >= 0.3 is 0 Å². The van der Waals surface area contributed by atoms with Gasteiger partial charge in [0.05, 0.1) is 14.2 Å². The molecule has 3 rings (SSSR count). The first kappa shape index (κ1) is 14.7. The molecule has 0 unspecified atom stereocenters. The van der Waals surface area contributed by atoms with Crippen LogP contribution in [0.4, 0.5) is 0 Å². The van der Waals surface area contributed by atoms with Crippen molar-refractivity contribution in [1.29, 1.82) is 0 Å². The molecular formula is C18H21NO3. The van der Waals surface area contributed by atoms with Crippen molar-refractivity contribution in [3.8, 4) is 17.2 Å². The molecule has 1 aliphatic heterocycles. The van der Waals surface area contributed by atoms with Crippen LogP contribution in [0.2, 0.25) is 0 Å². The molecule has 1 heterocycles. The minimum absolute atomic E-state index is 0.402. The Labute approximate surface area is 130 Å². The average molecular weight is 299 g/mol. The molecule has 0 saturated heterocycles. The Bertz CT molecular complexity index is 697. The molecule has 0 bridgehead atoms. The lowest BCUT2D eigenvalue weighted by Gasteiger charge is -2.17. The van der Waals surface area contributed by atoms with Crippen molar-refractivity contribution in [3.05, 3.63) is 52.6 Å². The van der Waals surface area contributed by atoms with Crippen molar-refractivity contribution < 1.29 is 14.6 Å². The quantitative estimate of drug-likeness (QED) is 0.941. The maximum Gasteiger partial charge on any atom is 0.127 e. The molecule has 22 heavy (non-hydrogen) atoms. The van der Waals surface area contributed by atoms with E-state index in [1.54, 1.807) is 14.2 Å². The molecule has 0 amide bonds. The molecule has 0 spiro atoms. The molecule has 116 valence electrons. The molecule has 0 saturated carbocycles. The summed E-state index contributed by atoms with van der Waals surface area (Å²) in [6, 6.07) is 9.87. The summed E-state index contributed by atoms with van der Waals surface area (Å²) in [6.45, 7) is 4.39. The Morgan fingerprint density at radius 1 is 1.09 bits per heavy atom. The average Bonchev–Trinajstić information content (AvgIpc) is 2.90. The van der Waals surface area contributed by atoms with Gasteiger partial charge < -0.3 is 14.6 Å². The number of hydrogen-bond acceptors (Lipinski definition) is 4. The molecule has 0 aliphatic carbocycles. The fourth-order valence-corrected chi connectivity index (χ4v) is 3.05. The van der Waals surface area contributed by atoms with Gasteiger partial charge in [-0.2, -0.15) is 0 Å². The Morgan fingerprint density at radius 3 is 2.64 bits per heavy atom. The summed E-state index contributed by atoms with van der Waals surface area (Å²) >= 11 is 0. The summed E-state index contributed by atoms with van der Waals surface area (Å²) in [5.74, 6) is 2.02. The lowest BCUT2D eigenvalue weighted by atomic mass is 10.1. The lowest BCUT2D eigenvalue weighted by molar-refractivity contribution is 0.268. The molecule has 0 fully saturated rings. The number of benzene rings is 2. The number of phenolic OH excluding ortho intramolecular Hbond substituents is 1. The highest BCUT2D eigenvalue weighted by Crippen LogP contribution is 2.34. The Morgan fingerprint density at radius 2 is 1.91 bits per heavy atom.